The topological polar surface area (TPSA) is 22.9 Å². The molecule has 4 heteroatoms. The Labute approximate surface area is 135 Å². The molecule has 0 N–H and O–H groups in total. The molecule has 2 aliphatic heterocycles. The fourth-order valence-electron chi connectivity index (χ4n) is 3.90. The molecule has 22 heavy (non-hydrogen) atoms. The monoisotopic (exact) mass is 305 g/mol. The van der Waals surface area contributed by atoms with Crippen molar-refractivity contribution in [2.45, 2.75) is 45.2 Å². The summed E-state index contributed by atoms with van der Waals surface area (Å²) >= 11 is 0. The molecule has 2 aliphatic rings. The van der Waals surface area contributed by atoms with Gasteiger partial charge in [-0.3, -0.25) is 9.80 Å². The summed E-state index contributed by atoms with van der Waals surface area (Å²) in [5.41, 5.74) is 0. The van der Waals surface area contributed by atoms with E-state index in [4.69, 9.17) is 4.42 Å². The van der Waals surface area contributed by atoms with Crippen molar-refractivity contribution in [3.8, 4) is 0 Å². The number of hydrogen-bond donors (Lipinski definition) is 0. The quantitative estimate of drug-likeness (QED) is 0.806. The van der Waals surface area contributed by atoms with Crippen LogP contribution in [0.4, 0.5) is 0 Å². The van der Waals surface area contributed by atoms with E-state index in [0.717, 1.165) is 5.76 Å². The summed E-state index contributed by atoms with van der Waals surface area (Å²) in [6.45, 7) is 13.2. The molecule has 1 aromatic rings. The van der Waals surface area contributed by atoms with Crippen LogP contribution in [-0.2, 0) is 0 Å². The SMILES string of the molecule is CC(C)N1CCN(CCCN2CCCC2c2ccco2)CC1. The van der Waals surface area contributed by atoms with Crippen molar-refractivity contribution in [3.63, 3.8) is 0 Å². The Hall–Kier alpha value is -0.840. The number of piperazine rings is 1. The zero-order chi connectivity index (χ0) is 15.4. The summed E-state index contributed by atoms with van der Waals surface area (Å²) in [6, 6.07) is 5.36. The van der Waals surface area contributed by atoms with E-state index in [9.17, 15) is 0 Å². The molecule has 1 unspecified atom stereocenters. The van der Waals surface area contributed by atoms with Crippen molar-refractivity contribution < 1.29 is 4.42 Å². The molecule has 124 valence electrons. The molecule has 0 spiro atoms. The molecule has 0 bridgehead atoms. The fraction of sp³-hybridized carbons (Fsp3) is 0.778. The van der Waals surface area contributed by atoms with Gasteiger partial charge in [0.25, 0.3) is 0 Å². The molecule has 0 saturated carbocycles. The Balaban J connectivity index is 1.38. The summed E-state index contributed by atoms with van der Waals surface area (Å²) in [5, 5.41) is 0. The minimum atomic E-state index is 0.521. The first-order valence-corrected chi connectivity index (χ1v) is 8.98. The summed E-state index contributed by atoms with van der Waals surface area (Å²) < 4.78 is 5.62. The Bertz CT molecular complexity index is 424. The van der Waals surface area contributed by atoms with Gasteiger partial charge in [-0.25, -0.2) is 0 Å². The van der Waals surface area contributed by atoms with E-state index in [1.165, 1.54) is 65.1 Å². The summed E-state index contributed by atoms with van der Waals surface area (Å²) in [4.78, 5) is 7.84. The van der Waals surface area contributed by atoms with Gasteiger partial charge >= 0.3 is 0 Å². The highest BCUT2D eigenvalue weighted by atomic mass is 16.3. The van der Waals surface area contributed by atoms with E-state index in [1.54, 1.807) is 6.26 Å². The van der Waals surface area contributed by atoms with Gasteiger partial charge in [0.2, 0.25) is 0 Å². The zero-order valence-corrected chi connectivity index (χ0v) is 14.2. The maximum Gasteiger partial charge on any atom is 0.120 e. The molecular weight excluding hydrogens is 274 g/mol. The van der Waals surface area contributed by atoms with Crippen molar-refractivity contribution in [2.75, 3.05) is 45.8 Å². The summed E-state index contributed by atoms with van der Waals surface area (Å²) in [5.74, 6) is 1.16. The number of nitrogens with zero attached hydrogens (tertiary/aromatic N) is 3. The van der Waals surface area contributed by atoms with Crippen LogP contribution in [0.1, 0.15) is 44.9 Å². The first kappa shape index (κ1) is 16.0. The molecule has 2 saturated heterocycles. The average molecular weight is 305 g/mol. The predicted octanol–water partition coefficient (Wildman–Crippen LogP) is 2.83. The van der Waals surface area contributed by atoms with Crippen molar-refractivity contribution in [2.24, 2.45) is 0 Å². The molecule has 2 fully saturated rings. The van der Waals surface area contributed by atoms with Gasteiger partial charge in [-0.2, -0.15) is 0 Å². The van der Waals surface area contributed by atoms with Crippen LogP contribution in [0.2, 0.25) is 0 Å². The van der Waals surface area contributed by atoms with Crippen LogP contribution >= 0.6 is 0 Å². The summed E-state index contributed by atoms with van der Waals surface area (Å²) in [7, 11) is 0. The van der Waals surface area contributed by atoms with Gasteiger partial charge in [-0.05, 0) is 58.3 Å². The number of rotatable bonds is 6. The molecule has 0 aliphatic carbocycles. The molecule has 3 heterocycles. The molecule has 4 nitrogen and oxygen atoms in total. The minimum absolute atomic E-state index is 0.521. The highest BCUT2D eigenvalue weighted by Gasteiger charge is 2.27. The first-order chi connectivity index (χ1) is 10.7. The third-order valence-electron chi connectivity index (χ3n) is 5.29. The Morgan fingerprint density at radius 1 is 1.14 bits per heavy atom. The van der Waals surface area contributed by atoms with Crippen LogP contribution in [0.15, 0.2) is 22.8 Å². The van der Waals surface area contributed by atoms with Gasteiger partial charge in [-0.15, -0.1) is 0 Å². The van der Waals surface area contributed by atoms with Gasteiger partial charge in [0.15, 0.2) is 0 Å². The molecule has 1 aromatic heterocycles. The van der Waals surface area contributed by atoms with E-state index in [0.29, 0.717) is 12.1 Å². The van der Waals surface area contributed by atoms with Gasteiger partial charge in [0.1, 0.15) is 5.76 Å². The van der Waals surface area contributed by atoms with Crippen LogP contribution in [0.3, 0.4) is 0 Å². The third kappa shape index (κ3) is 3.92. The third-order valence-corrected chi connectivity index (χ3v) is 5.29. The number of likely N-dealkylation sites (tertiary alicyclic amines) is 1. The largest absolute Gasteiger partial charge is 0.468 e. The highest BCUT2D eigenvalue weighted by molar-refractivity contribution is 5.06. The maximum atomic E-state index is 5.62. The molecule has 0 aromatic carbocycles. The van der Waals surface area contributed by atoms with E-state index in [-0.39, 0.29) is 0 Å². The van der Waals surface area contributed by atoms with Crippen molar-refractivity contribution >= 4 is 0 Å². The number of furan rings is 1. The Morgan fingerprint density at radius 3 is 2.64 bits per heavy atom. The van der Waals surface area contributed by atoms with Gasteiger partial charge in [0, 0.05) is 38.8 Å². The first-order valence-electron chi connectivity index (χ1n) is 8.98. The Morgan fingerprint density at radius 2 is 1.95 bits per heavy atom. The molecule has 1 atom stereocenters. The molecule has 3 rings (SSSR count). The lowest BCUT2D eigenvalue weighted by Crippen LogP contribution is -2.49. The minimum Gasteiger partial charge on any atom is -0.468 e. The smallest absolute Gasteiger partial charge is 0.120 e. The van der Waals surface area contributed by atoms with Crippen LogP contribution in [0.25, 0.3) is 0 Å². The van der Waals surface area contributed by atoms with Crippen LogP contribution in [0.5, 0.6) is 0 Å². The molecule has 0 amide bonds. The van der Waals surface area contributed by atoms with Crippen LogP contribution < -0.4 is 0 Å². The second-order valence-corrected chi connectivity index (χ2v) is 7.03. The van der Waals surface area contributed by atoms with E-state index >= 15 is 0 Å². The second kappa shape index (κ2) is 7.62. The van der Waals surface area contributed by atoms with Crippen LogP contribution in [0, 0.1) is 0 Å². The Kier molecular flexibility index (Phi) is 5.55. The number of hydrogen-bond acceptors (Lipinski definition) is 4. The van der Waals surface area contributed by atoms with Gasteiger partial charge in [-0.1, -0.05) is 0 Å². The lowest BCUT2D eigenvalue weighted by atomic mass is 10.1. The lowest BCUT2D eigenvalue weighted by molar-refractivity contribution is 0.103. The van der Waals surface area contributed by atoms with Crippen molar-refractivity contribution in [1.82, 2.24) is 14.7 Å². The highest BCUT2D eigenvalue weighted by Crippen LogP contribution is 2.31. The summed E-state index contributed by atoms with van der Waals surface area (Å²) in [6.07, 6.45) is 5.64. The fourth-order valence-corrected chi connectivity index (χ4v) is 3.90. The standard InChI is InChI=1S/C18H31N3O/c1-16(2)20-13-11-19(12-14-20)8-5-10-21-9-3-6-17(21)18-7-4-15-22-18/h4,7,15-17H,3,5-6,8-14H2,1-2H3. The normalized spacial score (nSPS) is 25.3. The van der Waals surface area contributed by atoms with E-state index in [1.807, 2.05) is 6.07 Å². The molecular formula is C18H31N3O. The molecule has 0 radical (unpaired) electrons. The van der Waals surface area contributed by atoms with E-state index < -0.39 is 0 Å². The van der Waals surface area contributed by atoms with Crippen molar-refractivity contribution in [3.05, 3.63) is 24.2 Å². The van der Waals surface area contributed by atoms with Crippen LogP contribution in [-0.4, -0.2) is 66.6 Å². The lowest BCUT2D eigenvalue weighted by Gasteiger charge is -2.37. The van der Waals surface area contributed by atoms with Gasteiger partial charge in [0.05, 0.1) is 12.3 Å². The van der Waals surface area contributed by atoms with E-state index in [2.05, 4.69) is 34.6 Å². The predicted molar refractivity (Wildman–Crippen MR) is 90.0 cm³/mol. The maximum absolute atomic E-state index is 5.62. The van der Waals surface area contributed by atoms with Crippen molar-refractivity contribution in [1.29, 1.82) is 0 Å². The second-order valence-electron chi connectivity index (χ2n) is 7.03. The van der Waals surface area contributed by atoms with Gasteiger partial charge < -0.3 is 9.32 Å². The zero-order valence-electron chi connectivity index (χ0n) is 14.2. The average Bonchev–Trinajstić information content (AvgIpc) is 3.18.